The molecular formula is C21H18O3. The quantitative estimate of drug-likeness (QED) is 0.476. The van der Waals surface area contributed by atoms with Crippen LogP contribution in [-0.4, -0.2) is 6.16 Å². The molecule has 0 N–H and O–H groups in total. The lowest BCUT2D eigenvalue weighted by atomic mass is 10.1. The van der Waals surface area contributed by atoms with Crippen LogP contribution in [0.15, 0.2) is 48.5 Å². The van der Waals surface area contributed by atoms with Crippen molar-refractivity contribution in [2.24, 2.45) is 0 Å². The largest absolute Gasteiger partial charge is 0.519 e. The molecule has 0 aromatic heterocycles. The third-order valence-corrected chi connectivity index (χ3v) is 3.24. The third-order valence-electron chi connectivity index (χ3n) is 3.24. The molecule has 0 unspecified atom stereocenters. The normalized spacial score (nSPS) is 9.08. The molecule has 0 radical (unpaired) electrons. The van der Waals surface area contributed by atoms with Crippen LogP contribution in [-0.2, 0) is 12.8 Å². The van der Waals surface area contributed by atoms with Gasteiger partial charge in [-0.3, -0.25) is 0 Å². The molecule has 3 nitrogen and oxygen atoms in total. The minimum absolute atomic E-state index is 0.455. The van der Waals surface area contributed by atoms with E-state index in [-0.39, 0.29) is 0 Å². The molecule has 24 heavy (non-hydrogen) atoms. The van der Waals surface area contributed by atoms with Crippen molar-refractivity contribution in [1.29, 1.82) is 0 Å². The van der Waals surface area contributed by atoms with Crippen molar-refractivity contribution in [2.45, 2.75) is 26.7 Å². The fourth-order valence-corrected chi connectivity index (χ4v) is 2.07. The molecule has 120 valence electrons. The zero-order chi connectivity index (χ0) is 17.2. The topological polar surface area (TPSA) is 35.5 Å². The summed E-state index contributed by atoms with van der Waals surface area (Å²) in [5.41, 5.74) is 1.68. The summed E-state index contributed by atoms with van der Waals surface area (Å²) >= 11 is 0. The van der Waals surface area contributed by atoms with Crippen LogP contribution in [0.5, 0.6) is 11.5 Å². The highest BCUT2D eigenvalue weighted by molar-refractivity contribution is 5.68. The van der Waals surface area contributed by atoms with Crippen molar-refractivity contribution in [3.05, 3.63) is 59.7 Å². The summed E-state index contributed by atoms with van der Waals surface area (Å²) in [5.74, 6) is 12.5. The van der Waals surface area contributed by atoms with Crippen molar-refractivity contribution >= 4 is 6.16 Å². The Labute approximate surface area is 142 Å². The number of hydrogen-bond donors (Lipinski definition) is 0. The van der Waals surface area contributed by atoms with Crippen LogP contribution in [0, 0.1) is 23.7 Å². The van der Waals surface area contributed by atoms with Crippen LogP contribution >= 0.6 is 0 Å². The van der Waals surface area contributed by atoms with E-state index < -0.39 is 6.16 Å². The predicted molar refractivity (Wildman–Crippen MR) is 93.8 cm³/mol. The highest BCUT2D eigenvalue weighted by Gasteiger charge is 2.12. The van der Waals surface area contributed by atoms with Gasteiger partial charge in [-0.15, -0.1) is 11.8 Å². The molecule has 2 aromatic carbocycles. The number of para-hydroxylation sites is 2. The van der Waals surface area contributed by atoms with Gasteiger partial charge in [0.15, 0.2) is 0 Å². The van der Waals surface area contributed by atoms with Gasteiger partial charge in [-0.2, -0.15) is 0 Å². The molecule has 0 saturated heterocycles. The van der Waals surface area contributed by atoms with Crippen molar-refractivity contribution in [1.82, 2.24) is 0 Å². The monoisotopic (exact) mass is 318 g/mol. The van der Waals surface area contributed by atoms with E-state index in [9.17, 15) is 4.79 Å². The van der Waals surface area contributed by atoms with Crippen LogP contribution in [0.2, 0.25) is 0 Å². The second kappa shape index (κ2) is 9.08. The highest BCUT2D eigenvalue weighted by Crippen LogP contribution is 2.22. The minimum atomic E-state index is -0.774. The second-order valence-corrected chi connectivity index (χ2v) is 4.88. The molecule has 0 saturated carbocycles. The number of carbonyl (C=O) groups excluding carboxylic acids is 1. The molecule has 0 aliphatic rings. The molecule has 2 rings (SSSR count). The number of rotatable bonds is 4. The first kappa shape index (κ1) is 17.2. The van der Waals surface area contributed by atoms with E-state index in [2.05, 4.69) is 23.7 Å². The van der Waals surface area contributed by atoms with Gasteiger partial charge in [-0.05, 0) is 26.0 Å². The standard InChI is InChI=1S/C21H18O3/c1-3-5-11-17-13-7-9-15-19(17)23-21(22)24-20-16-10-8-14-18(20)12-6-4-2/h7-10,13-16H,11-12H2,1-2H3. The Morgan fingerprint density at radius 1 is 0.792 bits per heavy atom. The number of hydrogen-bond acceptors (Lipinski definition) is 3. The van der Waals surface area contributed by atoms with Gasteiger partial charge in [-0.25, -0.2) is 4.79 Å². The Balaban J connectivity index is 2.11. The van der Waals surface area contributed by atoms with E-state index in [1.165, 1.54) is 0 Å². The fourth-order valence-electron chi connectivity index (χ4n) is 2.07. The van der Waals surface area contributed by atoms with Gasteiger partial charge >= 0.3 is 6.16 Å². The summed E-state index contributed by atoms with van der Waals surface area (Å²) in [6.07, 6.45) is 0.259. The lowest BCUT2D eigenvalue weighted by Gasteiger charge is -2.10. The molecular weight excluding hydrogens is 300 g/mol. The average molecular weight is 318 g/mol. The maximum absolute atomic E-state index is 12.1. The molecule has 0 aliphatic carbocycles. The van der Waals surface area contributed by atoms with Gasteiger partial charge in [0.1, 0.15) is 11.5 Å². The van der Waals surface area contributed by atoms with Crippen LogP contribution in [0.4, 0.5) is 4.79 Å². The van der Waals surface area contributed by atoms with Crippen molar-refractivity contribution < 1.29 is 14.3 Å². The molecule has 0 spiro atoms. The zero-order valence-electron chi connectivity index (χ0n) is 13.8. The van der Waals surface area contributed by atoms with Crippen LogP contribution in [0.3, 0.4) is 0 Å². The molecule has 0 heterocycles. The molecule has 2 aromatic rings. The summed E-state index contributed by atoms with van der Waals surface area (Å²) in [5, 5.41) is 0. The Kier molecular flexibility index (Phi) is 6.50. The SMILES string of the molecule is CC#CCc1ccccc1OC(=O)Oc1ccccc1CC#CC. The summed E-state index contributed by atoms with van der Waals surface area (Å²) in [6.45, 7) is 3.54. The maximum atomic E-state index is 12.1. The Hall–Kier alpha value is -3.17. The molecule has 3 heteroatoms. The third kappa shape index (κ3) is 4.93. The van der Waals surface area contributed by atoms with Crippen molar-refractivity contribution in [2.75, 3.05) is 0 Å². The summed E-state index contributed by atoms with van der Waals surface area (Å²) < 4.78 is 10.7. The highest BCUT2D eigenvalue weighted by atomic mass is 16.7. The van der Waals surface area contributed by atoms with Gasteiger partial charge in [-0.1, -0.05) is 48.2 Å². The zero-order valence-corrected chi connectivity index (χ0v) is 13.8. The van der Waals surface area contributed by atoms with Gasteiger partial charge in [0.25, 0.3) is 0 Å². The number of carbonyl (C=O) groups is 1. The van der Waals surface area contributed by atoms with Crippen LogP contribution in [0.25, 0.3) is 0 Å². The van der Waals surface area contributed by atoms with Crippen LogP contribution in [0.1, 0.15) is 25.0 Å². The van der Waals surface area contributed by atoms with Crippen LogP contribution < -0.4 is 9.47 Å². The van der Waals surface area contributed by atoms with E-state index in [1.54, 1.807) is 38.1 Å². The van der Waals surface area contributed by atoms with Crippen molar-refractivity contribution in [3.63, 3.8) is 0 Å². The Morgan fingerprint density at radius 2 is 1.21 bits per heavy atom. The molecule has 0 bridgehead atoms. The van der Waals surface area contributed by atoms with E-state index in [1.807, 2.05) is 24.3 Å². The molecule has 0 amide bonds. The summed E-state index contributed by atoms with van der Waals surface area (Å²) in [7, 11) is 0. The smallest absolute Gasteiger partial charge is 0.394 e. The number of benzene rings is 2. The van der Waals surface area contributed by atoms with Gasteiger partial charge in [0.2, 0.25) is 0 Å². The predicted octanol–water partition coefficient (Wildman–Crippen LogP) is 4.40. The van der Waals surface area contributed by atoms with E-state index >= 15 is 0 Å². The van der Waals surface area contributed by atoms with Gasteiger partial charge in [0.05, 0.1) is 0 Å². The van der Waals surface area contributed by atoms with E-state index in [0.717, 1.165) is 11.1 Å². The van der Waals surface area contributed by atoms with Gasteiger partial charge < -0.3 is 9.47 Å². The first-order chi connectivity index (χ1) is 11.7. The average Bonchev–Trinajstić information content (AvgIpc) is 2.60. The lowest BCUT2D eigenvalue weighted by Crippen LogP contribution is -2.15. The summed E-state index contributed by atoms with van der Waals surface area (Å²) in [6, 6.07) is 14.6. The first-order valence-electron chi connectivity index (χ1n) is 7.59. The molecule has 0 aliphatic heterocycles. The minimum Gasteiger partial charge on any atom is -0.394 e. The lowest BCUT2D eigenvalue weighted by molar-refractivity contribution is 0.151. The Morgan fingerprint density at radius 3 is 1.62 bits per heavy atom. The molecule has 0 fully saturated rings. The van der Waals surface area contributed by atoms with E-state index in [4.69, 9.17) is 9.47 Å². The number of ether oxygens (including phenoxy) is 2. The first-order valence-corrected chi connectivity index (χ1v) is 7.59. The fraction of sp³-hybridized carbons (Fsp3) is 0.190. The van der Waals surface area contributed by atoms with E-state index in [0.29, 0.717) is 24.3 Å². The maximum Gasteiger partial charge on any atom is 0.519 e. The van der Waals surface area contributed by atoms with Gasteiger partial charge in [0, 0.05) is 24.0 Å². The summed E-state index contributed by atoms with van der Waals surface area (Å²) in [4.78, 5) is 12.1. The Bertz CT molecular complexity index is 760. The second-order valence-electron chi connectivity index (χ2n) is 4.88. The van der Waals surface area contributed by atoms with Crippen molar-refractivity contribution in [3.8, 4) is 35.2 Å². The molecule has 0 atom stereocenters.